The van der Waals surface area contributed by atoms with E-state index in [0.29, 0.717) is 12.6 Å². The maximum absolute atomic E-state index is 11.3. The van der Waals surface area contributed by atoms with Crippen molar-refractivity contribution in [2.45, 2.75) is 38.8 Å². The van der Waals surface area contributed by atoms with Crippen molar-refractivity contribution in [2.75, 3.05) is 18.5 Å². The highest BCUT2D eigenvalue weighted by Crippen LogP contribution is 2.22. The number of carbonyl (C=O) groups excluding carboxylic acids is 1. The Morgan fingerprint density at radius 1 is 1.72 bits per heavy atom. The number of rotatable bonds is 5. The number of nitrogens with one attached hydrogen (secondary N) is 1. The second-order valence-corrected chi connectivity index (χ2v) is 5.10. The van der Waals surface area contributed by atoms with Gasteiger partial charge in [0.1, 0.15) is 0 Å². The molecule has 2 unspecified atom stereocenters. The number of carbonyl (C=O) groups is 1. The highest BCUT2D eigenvalue weighted by molar-refractivity contribution is 7.13. The average Bonchev–Trinajstić information content (AvgIpc) is 2.90. The Hall–Kier alpha value is -1.14. The molecule has 2 atom stereocenters. The minimum absolute atomic E-state index is 0.211. The van der Waals surface area contributed by atoms with E-state index in [1.54, 1.807) is 6.92 Å². The minimum Gasteiger partial charge on any atom is -0.466 e. The van der Waals surface area contributed by atoms with Crippen LogP contribution >= 0.6 is 11.3 Å². The number of hydrogen-bond donors (Lipinski definition) is 1. The van der Waals surface area contributed by atoms with Crippen LogP contribution in [-0.4, -0.2) is 36.3 Å². The normalized spacial score (nSPS) is 23.0. The van der Waals surface area contributed by atoms with E-state index in [1.165, 1.54) is 11.3 Å². The predicted octanol–water partition coefficient (Wildman–Crippen LogP) is 1.84. The van der Waals surface area contributed by atoms with Crippen LogP contribution in [0.25, 0.3) is 0 Å². The van der Waals surface area contributed by atoms with E-state index in [4.69, 9.17) is 9.47 Å². The van der Waals surface area contributed by atoms with Crippen molar-refractivity contribution in [3.05, 3.63) is 11.1 Å². The zero-order valence-electron chi connectivity index (χ0n) is 10.6. The molecule has 100 valence electrons. The molecule has 1 aliphatic rings. The summed E-state index contributed by atoms with van der Waals surface area (Å²) in [6.07, 6.45) is 1.44. The number of anilines is 1. The van der Waals surface area contributed by atoms with Gasteiger partial charge in [0.2, 0.25) is 0 Å². The van der Waals surface area contributed by atoms with Crippen LogP contribution in [0, 0.1) is 0 Å². The number of nitrogens with zero attached hydrogens (tertiary/aromatic N) is 1. The molecule has 2 heterocycles. The summed E-state index contributed by atoms with van der Waals surface area (Å²) in [7, 11) is 0. The summed E-state index contributed by atoms with van der Waals surface area (Å²) in [5.41, 5.74) is 0.757. The first kappa shape index (κ1) is 13.3. The summed E-state index contributed by atoms with van der Waals surface area (Å²) < 4.78 is 10.4. The van der Waals surface area contributed by atoms with E-state index in [1.807, 2.05) is 5.38 Å². The third-order valence-electron chi connectivity index (χ3n) is 2.87. The van der Waals surface area contributed by atoms with Gasteiger partial charge in [0.25, 0.3) is 0 Å². The van der Waals surface area contributed by atoms with Gasteiger partial charge in [-0.25, -0.2) is 4.98 Å². The van der Waals surface area contributed by atoms with Crippen LogP contribution in [0.4, 0.5) is 5.13 Å². The van der Waals surface area contributed by atoms with Crippen LogP contribution in [0.1, 0.15) is 26.0 Å². The Bertz CT molecular complexity index is 408. The zero-order chi connectivity index (χ0) is 13.0. The van der Waals surface area contributed by atoms with Gasteiger partial charge in [-0.15, -0.1) is 11.3 Å². The molecule has 0 amide bonds. The number of hydrogen-bond acceptors (Lipinski definition) is 6. The molecule has 0 spiro atoms. The number of aromatic nitrogens is 1. The molecule has 0 aromatic carbocycles. The molecule has 18 heavy (non-hydrogen) atoms. The monoisotopic (exact) mass is 270 g/mol. The first-order chi connectivity index (χ1) is 8.69. The molecular formula is C12H18N2O3S. The zero-order valence-corrected chi connectivity index (χ0v) is 11.5. The average molecular weight is 270 g/mol. The number of thiazole rings is 1. The van der Waals surface area contributed by atoms with E-state index < -0.39 is 0 Å². The van der Waals surface area contributed by atoms with Gasteiger partial charge >= 0.3 is 5.97 Å². The highest BCUT2D eigenvalue weighted by Gasteiger charge is 2.24. The molecule has 5 nitrogen and oxygen atoms in total. The summed E-state index contributed by atoms with van der Waals surface area (Å²) >= 11 is 1.51. The van der Waals surface area contributed by atoms with Crippen LogP contribution in [-0.2, 0) is 20.7 Å². The van der Waals surface area contributed by atoms with Crippen molar-refractivity contribution >= 4 is 22.4 Å². The Morgan fingerprint density at radius 3 is 3.22 bits per heavy atom. The molecule has 6 heteroatoms. The third-order valence-corrected chi connectivity index (χ3v) is 3.69. The summed E-state index contributed by atoms with van der Waals surface area (Å²) in [6, 6.07) is 0.312. The van der Waals surface area contributed by atoms with Gasteiger partial charge in [0, 0.05) is 12.0 Å². The fraction of sp³-hybridized carbons (Fsp3) is 0.667. The SMILES string of the molecule is CCOC(=O)Cc1csc(NC2CCOC2C)n1. The lowest BCUT2D eigenvalue weighted by Crippen LogP contribution is -2.26. The lowest BCUT2D eigenvalue weighted by atomic mass is 10.2. The first-order valence-corrected chi connectivity index (χ1v) is 7.05. The smallest absolute Gasteiger partial charge is 0.311 e. The van der Waals surface area contributed by atoms with Crippen molar-refractivity contribution in [1.29, 1.82) is 0 Å². The summed E-state index contributed by atoms with van der Waals surface area (Å²) in [6.45, 7) is 5.05. The molecule has 2 rings (SSSR count). The molecule has 1 aromatic heterocycles. The second kappa shape index (κ2) is 6.15. The van der Waals surface area contributed by atoms with Gasteiger partial charge in [0.05, 0.1) is 30.9 Å². The van der Waals surface area contributed by atoms with Crippen molar-refractivity contribution in [2.24, 2.45) is 0 Å². The molecular weight excluding hydrogens is 252 g/mol. The summed E-state index contributed by atoms with van der Waals surface area (Å²) in [5, 5.41) is 6.08. The molecule has 0 radical (unpaired) electrons. The Morgan fingerprint density at radius 2 is 2.56 bits per heavy atom. The Labute approximate surface area is 111 Å². The van der Waals surface area contributed by atoms with Crippen LogP contribution in [0.3, 0.4) is 0 Å². The number of esters is 1. The van der Waals surface area contributed by atoms with Crippen molar-refractivity contribution in [3.8, 4) is 0 Å². The van der Waals surface area contributed by atoms with Crippen molar-refractivity contribution in [3.63, 3.8) is 0 Å². The minimum atomic E-state index is -0.230. The van der Waals surface area contributed by atoms with Gasteiger partial charge in [-0.05, 0) is 20.3 Å². The van der Waals surface area contributed by atoms with E-state index >= 15 is 0 Å². The molecule has 1 fully saturated rings. The highest BCUT2D eigenvalue weighted by atomic mass is 32.1. The van der Waals surface area contributed by atoms with Crippen molar-refractivity contribution in [1.82, 2.24) is 4.98 Å². The lowest BCUT2D eigenvalue weighted by molar-refractivity contribution is -0.142. The van der Waals surface area contributed by atoms with Crippen LogP contribution < -0.4 is 5.32 Å². The van der Waals surface area contributed by atoms with Crippen molar-refractivity contribution < 1.29 is 14.3 Å². The maximum Gasteiger partial charge on any atom is 0.311 e. The third kappa shape index (κ3) is 3.43. The van der Waals surface area contributed by atoms with E-state index in [9.17, 15) is 4.79 Å². The topological polar surface area (TPSA) is 60.5 Å². The quantitative estimate of drug-likeness (QED) is 0.827. The molecule has 1 aromatic rings. The Balaban J connectivity index is 1.87. The summed E-state index contributed by atoms with van der Waals surface area (Å²) in [5.74, 6) is -0.230. The van der Waals surface area contributed by atoms with Crippen LogP contribution in [0.15, 0.2) is 5.38 Å². The van der Waals surface area contributed by atoms with Gasteiger partial charge in [0.15, 0.2) is 5.13 Å². The molecule has 0 aliphatic carbocycles. The lowest BCUT2D eigenvalue weighted by Gasteiger charge is -2.14. The predicted molar refractivity (Wildman–Crippen MR) is 69.9 cm³/mol. The second-order valence-electron chi connectivity index (χ2n) is 4.24. The van der Waals surface area contributed by atoms with E-state index in [-0.39, 0.29) is 18.5 Å². The largest absolute Gasteiger partial charge is 0.466 e. The van der Waals surface area contributed by atoms with Crippen LogP contribution in [0.2, 0.25) is 0 Å². The fourth-order valence-corrected chi connectivity index (χ4v) is 2.67. The fourth-order valence-electron chi connectivity index (χ4n) is 1.89. The van der Waals surface area contributed by atoms with Crippen LogP contribution in [0.5, 0.6) is 0 Å². The molecule has 1 saturated heterocycles. The molecule has 1 N–H and O–H groups in total. The Kier molecular flexibility index (Phi) is 4.54. The first-order valence-electron chi connectivity index (χ1n) is 6.17. The standard InChI is InChI=1S/C12H18N2O3S/c1-3-16-11(15)6-9-7-18-12(13-9)14-10-4-5-17-8(10)2/h7-8,10H,3-6H2,1-2H3,(H,13,14). The van der Waals surface area contributed by atoms with Gasteiger partial charge in [-0.3, -0.25) is 4.79 Å². The molecule has 0 bridgehead atoms. The maximum atomic E-state index is 11.3. The van der Waals surface area contributed by atoms with Gasteiger partial charge < -0.3 is 14.8 Å². The molecule has 1 aliphatic heterocycles. The number of ether oxygens (including phenoxy) is 2. The van der Waals surface area contributed by atoms with Gasteiger partial charge in [-0.1, -0.05) is 0 Å². The van der Waals surface area contributed by atoms with E-state index in [2.05, 4.69) is 17.2 Å². The van der Waals surface area contributed by atoms with Gasteiger partial charge in [-0.2, -0.15) is 0 Å². The summed E-state index contributed by atoms with van der Waals surface area (Å²) in [4.78, 5) is 15.7. The molecule has 0 saturated carbocycles. The van der Waals surface area contributed by atoms with E-state index in [0.717, 1.165) is 23.9 Å².